The van der Waals surface area contributed by atoms with Crippen LogP contribution < -0.4 is 5.32 Å². The molecule has 2 rings (SSSR count). The van der Waals surface area contributed by atoms with E-state index in [1.807, 2.05) is 32.0 Å². The molecule has 0 bridgehead atoms. The van der Waals surface area contributed by atoms with Crippen molar-refractivity contribution in [3.63, 3.8) is 0 Å². The lowest BCUT2D eigenvalue weighted by Crippen LogP contribution is -2.16. The maximum absolute atomic E-state index is 12.0. The predicted octanol–water partition coefficient (Wildman–Crippen LogP) is 2.29. The molecule has 0 fully saturated rings. The summed E-state index contributed by atoms with van der Waals surface area (Å²) in [5.41, 5.74) is 3.64. The van der Waals surface area contributed by atoms with E-state index in [2.05, 4.69) is 10.4 Å². The molecule has 0 spiro atoms. The average Bonchev–Trinajstić information content (AvgIpc) is 2.71. The normalized spacial score (nSPS) is 10.3. The first-order chi connectivity index (χ1) is 8.09. The number of hydrogen-bond acceptors (Lipinski definition) is 2. The number of nitrogens with one attached hydrogen (secondary N) is 1. The lowest BCUT2D eigenvalue weighted by atomic mass is 10.1. The number of amides is 1. The number of carbonyl (C=O) groups excluding carboxylic acids is 1. The minimum Gasteiger partial charge on any atom is -0.320 e. The summed E-state index contributed by atoms with van der Waals surface area (Å²) in [7, 11) is 1.75. The quantitative estimate of drug-likeness (QED) is 0.858. The maximum atomic E-state index is 12.0. The van der Waals surface area contributed by atoms with E-state index < -0.39 is 0 Å². The number of aryl methyl sites for hydroxylation is 2. The second-order valence-electron chi connectivity index (χ2n) is 4.04. The molecule has 2 aromatic rings. The van der Waals surface area contributed by atoms with Gasteiger partial charge in [-0.2, -0.15) is 5.10 Å². The van der Waals surface area contributed by atoms with Crippen molar-refractivity contribution >= 4 is 11.6 Å². The highest BCUT2D eigenvalue weighted by Crippen LogP contribution is 2.18. The summed E-state index contributed by atoms with van der Waals surface area (Å²) in [4.78, 5) is 12.0. The van der Waals surface area contributed by atoms with Crippen molar-refractivity contribution in [1.82, 2.24) is 9.78 Å². The molecule has 1 aromatic carbocycles. The molecule has 88 valence electrons. The van der Waals surface area contributed by atoms with Crippen molar-refractivity contribution in [2.24, 2.45) is 7.05 Å². The summed E-state index contributed by atoms with van der Waals surface area (Å²) in [6.07, 6.45) is 1.61. The summed E-state index contributed by atoms with van der Waals surface area (Å²) in [5, 5.41) is 6.87. The molecule has 4 nitrogen and oxygen atoms in total. The van der Waals surface area contributed by atoms with Gasteiger partial charge >= 0.3 is 0 Å². The third-order valence-electron chi connectivity index (χ3n) is 2.91. The summed E-state index contributed by atoms with van der Waals surface area (Å²) < 4.78 is 1.56. The van der Waals surface area contributed by atoms with Crippen LogP contribution in [0.2, 0.25) is 0 Å². The summed E-state index contributed by atoms with van der Waals surface area (Å²) in [5.74, 6) is -0.140. The van der Waals surface area contributed by atoms with Gasteiger partial charge in [-0.15, -0.1) is 0 Å². The van der Waals surface area contributed by atoms with Crippen molar-refractivity contribution in [3.05, 3.63) is 47.3 Å². The topological polar surface area (TPSA) is 46.9 Å². The van der Waals surface area contributed by atoms with Crippen molar-refractivity contribution in [3.8, 4) is 0 Å². The Hall–Kier alpha value is -2.10. The fraction of sp³-hybridized carbons (Fsp3) is 0.231. The van der Waals surface area contributed by atoms with Gasteiger partial charge in [0.1, 0.15) is 5.69 Å². The fourth-order valence-corrected chi connectivity index (χ4v) is 1.67. The van der Waals surface area contributed by atoms with E-state index in [0.717, 1.165) is 16.8 Å². The SMILES string of the molecule is Cc1cccc(NC(=O)c2ccnn2C)c1C. The van der Waals surface area contributed by atoms with E-state index in [-0.39, 0.29) is 5.91 Å². The van der Waals surface area contributed by atoms with Gasteiger partial charge in [-0.05, 0) is 37.1 Å². The second kappa shape index (κ2) is 4.41. The first-order valence-electron chi connectivity index (χ1n) is 5.45. The molecule has 0 radical (unpaired) electrons. The van der Waals surface area contributed by atoms with Crippen LogP contribution in [-0.4, -0.2) is 15.7 Å². The van der Waals surface area contributed by atoms with E-state index >= 15 is 0 Å². The molecular weight excluding hydrogens is 214 g/mol. The lowest BCUT2D eigenvalue weighted by Gasteiger charge is -2.10. The van der Waals surface area contributed by atoms with Crippen LogP contribution in [0.1, 0.15) is 21.6 Å². The van der Waals surface area contributed by atoms with Gasteiger partial charge in [0.2, 0.25) is 0 Å². The van der Waals surface area contributed by atoms with Gasteiger partial charge in [-0.25, -0.2) is 0 Å². The highest BCUT2D eigenvalue weighted by atomic mass is 16.2. The maximum Gasteiger partial charge on any atom is 0.273 e. The highest BCUT2D eigenvalue weighted by Gasteiger charge is 2.11. The zero-order valence-electron chi connectivity index (χ0n) is 10.2. The molecule has 0 aliphatic carbocycles. The predicted molar refractivity (Wildman–Crippen MR) is 67.1 cm³/mol. The number of anilines is 1. The van der Waals surface area contributed by atoms with Crippen LogP contribution in [0.5, 0.6) is 0 Å². The van der Waals surface area contributed by atoms with Gasteiger partial charge in [-0.1, -0.05) is 12.1 Å². The van der Waals surface area contributed by atoms with Gasteiger partial charge in [0, 0.05) is 18.9 Å². The molecule has 0 aliphatic heterocycles. The Morgan fingerprint density at radius 2 is 2.06 bits per heavy atom. The van der Waals surface area contributed by atoms with Crippen LogP contribution in [0.15, 0.2) is 30.5 Å². The molecule has 4 heteroatoms. The smallest absolute Gasteiger partial charge is 0.273 e. The van der Waals surface area contributed by atoms with E-state index in [4.69, 9.17) is 0 Å². The number of hydrogen-bond donors (Lipinski definition) is 1. The Kier molecular flexibility index (Phi) is 2.95. The van der Waals surface area contributed by atoms with E-state index in [9.17, 15) is 4.79 Å². The Labute approximate surface area is 100 Å². The van der Waals surface area contributed by atoms with Crippen molar-refractivity contribution < 1.29 is 4.79 Å². The first-order valence-corrected chi connectivity index (χ1v) is 5.45. The van der Waals surface area contributed by atoms with Crippen LogP contribution in [0.4, 0.5) is 5.69 Å². The third-order valence-corrected chi connectivity index (χ3v) is 2.91. The van der Waals surface area contributed by atoms with Gasteiger partial charge < -0.3 is 5.32 Å². The van der Waals surface area contributed by atoms with Crippen molar-refractivity contribution in [1.29, 1.82) is 0 Å². The number of carbonyl (C=O) groups is 1. The molecule has 1 amide bonds. The largest absolute Gasteiger partial charge is 0.320 e. The third kappa shape index (κ3) is 2.20. The first kappa shape index (κ1) is 11.4. The fourth-order valence-electron chi connectivity index (χ4n) is 1.67. The molecule has 0 saturated heterocycles. The average molecular weight is 229 g/mol. The number of aromatic nitrogens is 2. The van der Waals surface area contributed by atoms with Crippen LogP contribution in [-0.2, 0) is 7.05 Å². The molecule has 1 heterocycles. The molecule has 1 N–H and O–H groups in total. The molecule has 0 atom stereocenters. The van der Waals surface area contributed by atoms with Crippen LogP contribution in [0, 0.1) is 13.8 Å². The van der Waals surface area contributed by atoms with Crippen molar-refractivity contribution in [2.75, 3.05) is 5.32 Å². The van der Waals surface area contributed by atoms with Gasteiger partial charge in [0.15, 0.2) is 0 Å². The number of rotatable bonds is 2. The Bertz CT molecular complexity index is 558. The van der Waals surface area contributed by atoms with E-state index in [0.29, 0.717) is 5.69 Å². The number of nitrogens with zero attached hydrogens (tertiary/aromatic N) is 2. The second-order valence-corrected chi connectivity index (χ2v) is 4.04. The zero-order chi connectivity index (χ0) is 12.4. The molecule has 0 aliphatic rings. The lowest BCUT2D eigenvalue weighted by molar-refractivity contribution is 0.101. The molecular formula is C13H15N3O. The van der Waals surface area contributed by atoms with Crippen molar-refractivity contribution in [2.45, 2.75) is 13.8 Å². The minimum absolute atomic E-state index is 0.140. The molecule has 1 aromatic heterocycles. The minimum atomic E-state index is -0.140. The Morgan fingerprint density at radius 1 is 1.29 bits per heavy atom. The summed E-state index contributed by atoms with van der Waals surface area (Å²) in [6, 6.07) is 7.55. The van der Waals surface area contributed by atoms with Crippen LogP contribution >= 0.6 is 0 Å². The molecule has 0 unspecified atom stereocenters. The van der Waals surface area contributed by atoms with Gasteiger partial charge in [-0.3, -0.25) is 9.48 Å². The Balaban J connectivity index is 2.25. The standard InChI is InChI=1S/C13H15N3O/c1-9-5-4-6-11(10(9)2)15-13(17)12-7-8-14-16(12)3/h4-8H,1-3H3,(H,15,17). The number of benzene rings is 1. The van der Waals surface area contributed by atoms with Crippen LogP contribution in [0.25, 0.3) is 0 Å². The molecule has 0 saturated carbocycles. The summed E-state index contributed by atoms with van der Waals surface area (Å²) >= 11 is 0. The van der Waals surface area contributed by atoms with E-state index in [1.54, 1.807) is 24.0 Å². The Morgan fingerprint density at radius 3 is 2.71 bits per heavy atom. The summed E-state index contributed by atoms with van der Waals surface area (Å²) in [6.45, 7) is 4.02. The zero-order valence-corrected chi connectivity index (χ0v) is 10.2. The van der Waals surface area contributed by atoms with E-state index in [1.165, 1.54) is 0 Å². The monoisotopic (exact) mass is 229 g/mol. The highest BCUT2D eigenvalue weighted by molar-refractivity contribution is 6.03. The molecule has 17 heavy (non-hydrogen) atoms. The van der Waals surface area contributed by atoms with Gasteiger partial charge in [0.25, 0.3) is 5.91 Å². The van der Waals surface area contributed by atoms with Gasteiger partial charge in [0.05, 0.1) is 0 Å². The van der Waals surface area contributed by atoms with Crippen LogP contribution in [0.3, 0.4) is 0 Å².